The average Bonchev–Trinajstić information content (AvgIpc) is 3.66. The first kappa shape index (κ1) is 26.8. The molecule has 1 N–H and O–H groups in total. The van der Waals surface area contributed by atoms with Gasteiger partial charge in [-0.3, -0.25) is 9.59 Å². The van der Waals surface area contributed by atoms with E-state index in [0.29, 0.717) is 47.1 Å². The lowest BCUT2D eigenvalue weighted by Gasteiger charge is -2.26. The lowest BCUT2D eigenvalue weighted by Crippen LogP contribution is -2.31. The minimum atomic E-state index is -0.915. The molecule has 40 heavy (non-hydrogen) atoms. The van der Waals surface area contributed by atoms with Gasteiger partial charge in [-0.25, -0.2) is 9.97 Å². The molecular weight excluding hydrogens is 514 g/mol. The third kappa shape index (κ3) is 4.42. The van der Waals surface area contributed by atoms with Crippen LogP contribution in [0.5, 0.6) is 17.2 Å². The van der Waals surface area contributed by atoms with Crippen molar-refractivity contribution in [2.75, 3.05) is 27.9 Å². The molecule has 1 amide bonds. The molecule has 1 aromatic carbocycles. The molecule has 11 nitrogen and oxygen atoms in total. The number of aryl methyl sites for hydroxylation is 3. The number of likely N-dealkylation sites (tertiary alicyclic amines) is 1. The van der Waals surface area contributed by atoms with Gasteiger partial charge < -0.3 is 33.2 Å². The van der Waals surface area contributed by atoms with E-state index >= 15 is 0 Å². The van der Waals surface area contributed by atoms with Gasteiger partial charge in [0.05, 0.1) is 45.0 Å². The summed E-state index contributed by atoms with van der Waals surface area (Å²) >= 11 is 0. The summed E-state index contributed by atoms with van der Waals surface area (Å²) in [6.07, 6.45) is 7.60. The fraction of sp³-hybridized carbons (Fsp3) is 0.310. The number of methoxy groups -OCH3 is 3. The van der Waals surface area contributed by atoms with Crippen LogP contribution in [0.15, 0.2) is 54.8 Å². The van der Waals surface area contributed by atoms with Crippen LogP contribution in [0.3, 0.4) is 0 Å². The largest absolute Gasteiger partial charge is 0.505 e. The van der Waals surface area contributed by atoms with Crippen LogP contribution >= 0.6 is 0 Å². The maximum absolute atomic E-state index is 13.6. The van der Waals surface area contributed by atoms with Gasteiger partial charge in [0.1, 0.15) is 11.3 Å². The normalized spacial score (nSPS) is 16.6. The van der Waals surface area contributed by atoms with Crippen LogP contribution in [0, 0.1) is 13.8 Å². The van der Waals surface area contributed by atoms with E-state index in [9.17, 15) is 14.7 Å². The van der Waals surface area contributed by atoms with Gasteiger partial charge in [0, 0.05) is 31.7 Å². The second-order valence-corrected chi connectivity index (χ2v) is 9.54. The van der Waals surface area contributed by atoms with E-state index in [1.54, 1.807) is 24.7 Å². The molecule has 1 atom stereocenters. The first-order valence-electron chi connectivity index (χ1n) is 12.8. The standard InChI is InChI=1S/C29H31N5O6/c1-17-8-6-11-33-18(2)23(31-28(17)33)25(35)22-24(19-14-20(38-3)27(40-5)21(15-19)39-4)34(29(37)26(22)36)12-7-10-32-13-9-30-16-32/h6,8-9,11,13-16,24,35H,7,10,12H2,1-5H3/b25-22+. The highest BCUT2D eigenvalue weighted by Gasteiger charge is 2.47. The van der Waals surface area contributed by atoms with E-state index in [-0.39, 0.29) is 23.6 Å². The highest BCUT2D eigenvalue weighted by Crippen LogP contribution is 2.46. The average molecular weight is 546 g/mol. The number of Topliss-reactive ketones (excluding diaryl/α,β-unsaturated/α-hetero) is 1. The second kappa shape index (κ2) is 10.8. The Bertz CT molecular complexity index is 1600. The molecule has 1 fully saturated rings. The van der Waals surface area contributed by atoms with Crippen LogP contribution in [0.4, 0.5) is 0 Å². The molecule has 0 saturated carbocycles. The van der Waals surface area contributed by atoms with Gasteiger partial charge in [0.2, 0.25) is 5.75 Å². The van der Waals surface area contributed by atoms with Crippen molar-refractivity contribution in [3.8, 4) is 17.2 Å². The Kier molecular flexibility index (Phi) is 7.20. The third-order valence-electron chi connectivity index (χ3n) is 7.23. The summed E-state index contributed by atoms with van der Waals surface area (Å²) in [7, 11) is 4.48. The lowest BCUT2D eigenvalue weighted by atomic mass is 9.95. The van der Waals surface area contributed by atoms with Gasteiger partial charge in [-0.2, -0.15) is 0 Å². The molecule has 1 aliphatic heterocycles. The number of pyridine rings is 1. The quantitative estimate of drug-likeness (QED) is 0.192. The molecule has 11 heteroatoms. The summed E-state index contributed by atoms with van der Waals surface area (Å²) in [5.41, 5.74) is 2.92. The highest BCUT2D eigenvalue weighted by molar-refractivity contribution is 6.46. The summed E-state index contributed by atoms with van der Waals surface area (Å²) in [5, 5.41) is 11.7. The first-order valence-corrected chi connectivity index (χ1v) is 12.8. The van der Waals surface area contributed by atoms with Crippen LogP contribution in [0.1, 0.15) is 35.0 Å². The van der Waals surface area contributed by atoms with Gasteiger partial charge in [0.15, 0.2) is 17.3 Å². The zero-order valence-corrected chi connectivity index (χ0v) is 23.0. The van der Waals surface area contributed by atoms with E-state index in [0.717, 1.165) is 5.56 Å². The number of ether oxygens (including phenoxy) is 3. The Morgan fingerprint density at radius 1 is 1.02 bits per heavy atom. The number of benzene rings is 1. The summed E-state index contributed by atoms with van der Waals surface area (Å²) in [6.45, 7) is 4.57. The van der Waals surface area contributed by atoms with Crippen molar-refractivity contribution < 1.29 is 28.9 Å². The third-order valence-corrected chi connectivity index (χ3v) is 7.23. The Balaban J connectivity index is 1.67. The number of rotatable bonds is 9. The Labute approximate surface area is 231 Å². The Morgan fingerprint density at radius 3 is 2.35 bits per heavy atom. The molecule has 5 rings (SSSR count). The van der Waals surface area contributed by atoms with Crippen LogP contribution < -0.4 is 14.2 Å². The first-order chi connectivity index (χ1) is 19.3. The zero-order chi connectivity index (χ0) is 28.6. The Morgan fingerprint density at radius 2 is 1.75 bits per heavy atom. The number of carbonyl (C=O) groups is 2. The molecule has 1 aliphatic rings. The van der Waals surface area contributed by atoms with Gasteiger partial charge in [0.25, 0.3) is 11.7 Å². The number of ketones is 1. The van der Waals surface area contributed by atoms with Crippen LogP contribution in [-0.2, 0) is 16.1 Å². The van der Waals surface area contributed by atoms with Crippen LogP contribution in [0.2, 0.25) is 0 Å². The number of hydrogen-bond acceptors (Lipinski definition) is 8. The number of carbonyl (C=O) groups excluding carboxylic acids is 2. The van der Waals surface area contributed by atoms with E-state index < -0.39 is 17.7 Å². The van der Waals surface area contributed by atoms with Crippen LogP contribution in [-0.4, -0.2) is 68.5 Å². The van der Waals surface area contributed by atoms with Crippen molar-refractivity contribution in [2.45, 2.75) is 32.9 Å². The minimum Gasteiger partial charge on any atom is -0.505 e. The van der Waals surface area contributed by atoms with Crippen molar-refractivity contribution in [2.24, 2.45) is 0 Å². The molecule has 3 aromatic heterocycles. The fourth-order valence-electron chi connectivity index (χ4n) is 5.23. The number of nitrogens with zero attached hydrogens (tertiary/aromatic N) is 5. The fourth-order valence-corrected chi connectivity index (χ4v) is 5.23. The Hall–Kier alpha value is -4.80. The molecular formula is C29H31N5O6. The zero-order valence-electron chi connectivity index (χ0n) is 23.0. The van der Waals surface area contributed by atoms with Crippen molar-refractivity contribution in [1.82, 2.24) is 23.8 Å². The number of aliphatic hydroxyl groups excluding tert-OH is 1. The summed E-state index contributed by atoms with van der Waals surface area (Å²) in [6, 6.07) is 6.27. The molecule has 0 bridgehead atoms. The van der Waals surface area contributed by atoms with Gasteiger partial charge in [-0.15, -0.1) is 0 Å². The van der Waals surface area contributed by atoms with E-state index in [1.165, 1.54) is 26.2 Å². The molecule has 1 unspecified atom stereocenters. The lowest BCUT2D eigenvalue weighted by molar-refractivity contribution is -0.139. The smallest absolute Gasteiger partial charge is 0.295 e. The molecule has 1 saturated heterocycles. The SMILES string of the molecule is COc1cc(C2/C(=C(\O)c3nc4c(C)cccn4c3C)C(=O)C(=O)N2CCCn2ccnc2)cc(OC)c1OC. The van der Waals surface area contributed by atoms with E-state index in [1.807, 2.05) is 47.3 Å². The maximum Gasteiger partial charge on any atom is 0.295 e. The number of imidazole rings is 2. The van der Waals surface area contributed by atoms with Crippen molar-refractivity contribution in [3.05, 3.63) is 77.3 Å². The predicted molar refractivity (Wildman–Crippen MR) is 147 cm³/mol. The number of hydrogen-bond donors (Lipinski definition) is 1. The molecule has 0 aliphatic carbocycles. The van der Waals surface area contributed by atoms with Crippen molar-refractivity contribution >= 4 is 23.1 Å². The molecule has 0 spiro atoms. The topological polar surface area (TPSA) is 120 Å². The molecule has 0 radical (unpaired) electrons. The maximum atomic E-state index is 13.6. The molecule has 4 heterocycles. The predicted octanol–water partition coefficient (Wildman–Crippen LogP) is 3.69. The summed E-state index contributed by atoms with van der Waals surface area (Å²) in [5.74, 6) is -0.733. The minimum absolute atomic E-state index is 0.0499. The van der Waals surface area contributed by atoms with Gasteiger partial charge in [-0.1, -0.05) is 6.07 Å². The number of fused-ring (bicyclic) bond motifs is 1. The number of aromatic nitrogens is 4. The molecule has 208 valence electrons. The summed E-state index contributed by atoms with van der Waals surface area (Å²) in [4.78, 5) is 37.2. The van der Waals surface area contributed by atoms with Crippen molar-refractivity contribution in [3.63, 3.8) is 0 Å². The molecule has 4 aromatic rings. The van der Waals surface area contributed by atoms with Gasteiger partial charge >= 0.3 is 0 Å². The van der Waals surface area contributed by atoms with E-state index in [2.05, 4.69) is 9.97 Å². The van der Waals surface area contributed by atoms with E-state index in [4.69, 9.17) is 14.2 Å². The number of amides is 1. The van der Waals surface area contributed by atoms with Crippen molar-refractivity contribution in [1.29, 1.82) is 0 Å². The summed E-state index contributed by atoms with van der Waals surface area (Å²) < 4.78 is 20.3. The monoisotopic (exact) mass is 545 g/mol. The number of aliphatic hydroxyl groups is 1. The second-order valence-electron chi connectivity index (χ2n) is 9.54. The highest BCUT2D eigenvalue weighted by atomic mass is 16.5. The van der Waals surface area contributed by atoms with Gasteiger partial charge in [-0.05, 0) is 49.6 Å². The van der Waals surface area contributed by atoms with Crippen LogP contribution in [0.25, 0.3) is 11.4 Å².